The van der Waals surface area contributed by atoms with Crippen molar-refractivity contribution >= 4 is 18.0 Å². The van der Waals surface area contributed by atoms with Crippen molar-refractivity contribution in [1.29, 1.82) is 0 Å². The maximum Gasteiger partial charge on any atom is 0.407 e. The van der Waals surface area contributed by atoms with E-state index in [1.807, 2.05) is 38.1 Å². The number of benzene rings is 2. The lowest BCUT2D eigenvalue weighted by Gasteiger charge is -2.53. The number of alkyl carbamates (subject to hydrolysis) is 1. The fraction of sp³-hybridized carbons (Fsp3) is 0.464. The molecular weight excluding hydrogens is 444 g/mol. The number of hydrogen-bond donors (Lipinski definition) is 2. The molecule has 0 spiro atoms. The quantitative estimate of drug-likeness (QED) is 0.667. The van der Waals surface area contributed by atoms with Crippen LogP contribution in [0.1, 0.15) is 56.6 Å². The van der Waals surface area contributed by atoms with E-state index in [0.29, 0.717) is 19.4 Å². The maximum atomic E-state index is 13.3. The molecule has 0 bridgehead atoms. The number of amides is 2. The van der Waals surface area contributed by atoms with Gasteiger partial charge in [-0.3, -0.25) is 4.79 Å². The van der Waals surface area contributed by atoms with Gasteiger partial charge in [0, 0.05) is 23.9 Å². The summed E-state index contributed by atoms with van der Waals surface area (Å²) in [6.45, 7) is 4.36. The summed E-state index contributed by atoms with van der Waals surface area (Å²) in [5.74, 6) is -1.62. The third kappa shape index (κ3) is 4.17. The average molecular weight is 477 g/mol. The van der Waals surface area contributed by atoms with Crippen molar-refractivity contribution in [2.75, 3.05) is 13.2 Å². The third-order valence-corrected chi connectivity index (χ3v) is 7.88. The van der Waals surface area contributed by atoms with Gasteiger partial charge in [0.05, 0.1) is 5.92 Å². The van der Waals surface area contributed by atoms with Crippen LogP contribution in [0.4, 0.5) is 4.79 Å². The predicted octanol–water partition coefficient (Wildman–Crippen LogP) is 4.41. The van der Waals surface area contributed by atoms with Crippen molar-refractivity contribution in [3.05, 3.63) is 59.7 Å². The number of carboxylic acids is 1. The highest BCUT2D eigenvalue weighted by Gasteiger charge is 2.54. The number of hydrogen-bond acceptors (Lipinski definition) is 4. The standard InChI is InChI=1S/C28H32N2O5/c1-28(2)16-30(24(28)26(32)33)25(31)21-13-7-8-14-23(21)29-27(34)35-15-22-19-11-5-3-9-17(19)18-10-4-6-12-20(18)22/h3-6,9-12,21-24H,7-8,13-16H2,1-2H3,(H,29,34)(H,32,33)/t21-,23+,24?/m0/s1. The molecular formula is C28H32N2O5. The molecule has 1 unspecified atom stereocenters. The summed E-state index contributed by atoms with van der Waals surface area (Å²) in [4.78, 5) is 39.3. The first-order valence-corrected chi connectivity index (χ1v) is 12.4. The highest BCUT2D eigenvalue weighted by molar-refractivity contribution is 5.88. The van der Waals surface area contributed by atoms with Gasteiger partial charge in [-0.15, -0.1) is 0 Å². The van der Waals surface area contributed by atoms with Crippen LogP contribution in [-0.4, -0.2) is 53.2 Å². The van der Waals surface area contributed by atoms with Gasteiger partial charge in [-0.2, -0.15) is 0 Å². The summed E-state index contributed by atoms with van der Waals surface area (Å²) in [6.07, 6.45) is 2.57. The molecule has 0 aromatic heterocycles. The van der Waals surface area contributed by atoms with Crippen molar-refractivity contribution in [2.45, 2.75) is 57.5 Å². The number of likely N-dealkylation sites (tertiary alicyclic amines) is 1. The number of nitrogens with zero attached hydrogens (tertiary/aromatic N) is 1. The first kappa shape index (κ1) is 23.4. The fourth-order valence-electron chi connectivity index (χ4n) is 6.20. The molecule has 5 rings (SSSR count). The van der Waals surface area contributed by atoms with E-state index in [-0.39, 0.29) is 24.5 Å². The molecule has 2 fully saturated rings. The van der Waals surface area contributed by atoms with E-state index in [1.54, 1.807) is 0 Å². The SMILES string of the molecule is CC1(C)CN(C(=O)[C@H]2CCCC[C@H]2NC(=O)OCC2c3ccccc3-c3ccccc32)C1C(=O)O. The van der Waals surface area contributed by atoms with E-state index in [9.17, 15) is 19.5 Å². The summed E-state index contributed by atoms with van der Waals surface area (Å²) >= 11 is 0. The summed E-state index contributed by atoms with van der Waals surface area (Å²) in [5.41, 5.74) is 4.17. The average Bonchev–Trinajstić information content (AvgIpc) is 3.15. The molecule has 2 N–H and O–H groups in total. The number of ether oxygens (including phenoxy) is 1. The maximum absolute atomic E-state index is 13.3. The van der Waals surface area contributed by atoms with Gasteiger partial charge in [-0.1, -0.05) is 75.2 Å². The first-order chi connectivity index (χ1) is 16.8. The smallest absolute Gasteiger partial charge is 0.407 e. The van der Waals surface area contributed by atoms with Crippen molar-refractivity contribution in [2.24, 2.45) is 11.3 Å². The van der Waals surface area contributed by atoms with Crippen LogP contribution >= 0.6 is 0 Å². The lowest BCUT2D eigenvalue weighted by Crippen LogP contribution is -2.69. The number of nitrogens with one attached hydrogen (secondary N) is 1. The number of carbonyl (C=O) groups excluding carboxylic acids is 2. The molecule has 0 radical (unpaired) electrons. The van der Waals surface area contributed by atoms with Crippen LogP contribution in [0, 0.1) is 11.3 Å². The largest absolute Gasteiger partial charge is 0.480 e. The van der Waals surface area contributed by atoms with Gasteiger partial charge in [0.15, 0.2) is 0 Å². The number of carbonyl (C=O) groups is 3. The lowest BCUT2D eigenvalue weighted by molar-refractivity contribution is -0.175. The van der Waals surface area contributed by atoms with Crippen LogP contribution in [0.2, 0.25) is 0 Å². The second-order valence-corrected chi connectivity index (χ2v) is 10.7. The zero-order chi connectivity index (χ0) is 24.7. The molecule has 3 atom stereocenters. The zero-order valence-electron chi connectivity index (χ0n) is 20.2. The van der Waals surface area contributed by atoms with Crippen molar-refractivity contribution in [1.82, 2.24) is 10.2 Å². The Kier molecular flexibility index (Phi) is 6.03. The van der Waals surface area contributed by atoms with E-state index in [4.69, 9.17) is 4.74 Å². The molecule has 2 aromatic rings. The van der Waals surface area contributed by atoms with E-state index < -0.39 is 29.4 Å². The molecule has 2 aliphatic carbocycles. The van der Waals surface area contributed by atoms with E-state index >= 15 is 0 Å². The Morgan fingerprint density at radius 3 is 2.20 bits per heavy atom. The Labute approximate surface area is 205 Å². The van der Waals surface area contributed by atoms with E-state index in [0.717, 1.165) is 24.0 Å². The lowest BCUT2D eigenvalue weighted by atomic mass is 9.73. The van der Waals surface area contributed by atoms with Crippen LogP contribution in [0.3, 0.4) is 0 Å². The monoisotopic (exact) mass is 476 g/mol. The Morgan fingerprint density at radius 2 is 1.60 bits per heavy atom. The minimum atomic E-state index is -0.980. The van der Waals surface area contributed by atoms with Crippen molar-refractivity contribution in [3.63, 3.8) is 0 Å². The highest BCUT2D eigenvalue weighted by Crippen LogP contribution is 2.44. The zero-order valence-corrected chi connectivity index (χ0v) is 20.2. The summed E-state index contributed by atoms with van der Waals surface area (Å²) < 4.78 is 5.69. The second-order valence-electron chi connectivity index (χ2n) is 10.7. The second kappa shape index (κ2) is 9.02. The van der Waals surface area contributed by atoms with Gasteiger partial charge in [0.2, 0.25) is 5.91 Å². The summed E-state index contributed by atoms with van der Waals surface area (Å²) in [7, 11) is 0. The third-order valence-electron chi connectivity index (χ3n) is 7.88. The van der Waals surface area contributed by atoms with Crippen LogP contribution in [0.15, 0.2) is 48.5 Å². The van der Waals surface area contributed by atoms with Crippen LogP contribution in [-0.2, 0) is 14.3 Å². The highest BCUT2D eigenvalue weighted by atomic mass is 16.5. The molecule has 184 valence electrons. The van der Waals surface area contributed by atoms with Crippen LogP contribution in [0.5, 0.6) is 0 Å². The van der Waals surface area contributed by atoms with Gasteiger partial charge in [0.25, 0.3) is 0 Å². The van der Waals surface area contributed by atoms with Crippen LogP contribution < -0.4 is 5.32 Å². The number of aliphatic carboxylic acids is 1. The minimum Gasteiger partial charge on any atom is -0.480 e. The van der Waals surface area contributed by atoms with Gasteiger partial charge in [0.1, 0.15) is 12.6 Å². The Hall–Kier alpha value is -3.35. The molecule has 2 amide bonds. The molecule has 1 heterocycles. The molecule has 3 aliphatic rings. The number of fused-ring (bicyclic) bond motifs is 3. The van der Waals surface area contributed by atoms with Gasteiger partial charge >= 0.3 is 12.1 Å². The Morgan fingerprint density at radius 1 is 1.00 bits per heavy atom. The molecule has 2 aromatic carbocycles. The van der Waals surface area contributed by atoms with Crippen molar-refractivity contribution < 1.29 is 24.2 Å². The normalized spacial score (nSPS) is 24.6. The molecule has 1 saturated heterocycles. The molecule has 35 heavy (non-hydrogen) atoms. The molecule has 7 nitrogen and oxygen atoms in total. The van der Waals surface area contributed by atoms with E-state index in [1.165, 1.54) is 16.0 Å². The summed E-state index contributed by atoms with van der Waals surface area (Å²) in [5, 5.41) is 12.6. The number of carboxylic acid groups (broad SMARTS) is 1. The first-order valence-electron chi connectivity index (χ1n) is 12.4. The van der Waals surface area contributed by atoms with Crippen molar-refractivity contribution in [3.8, 4) is 11.1 Å². The van der Waals surface area contributed by atoms with Gasteiger partial charge in [-0.05, 0) is 35.1 Å². The Balaban J connectivity index is 1.24. The van der Waals surface area contributed by atoms with Crippen LogP contribution in [0.25, 0.3) is 11.1 Å². The molecule has 1 saturated carbocycles. The minimum absolute atomic E-state index is 0.0309. The molecule has 7 heteroatoms. The summed E-state index contributed by atoms with van der Waals surface area (Å²) in [6, 6.07) is 15.2. The fourth-order valence-corrected chi connectivity index (χ4v) is 6.20. The Bertz CT molecular complexity index is 1110. The topological polar surface area (TPSA) is 95.9 Å². The van der Waals surface area contributed by atoms with E-state index in [2.05, 4.69) is 29.6 Å². The van der Waals surface area contributed by atoms with Gasteiger partial charge in [-0.25, -0.2) is 9.59 Å². The van der Waals surface area contributed by atoms with Gasteiger partial charge < -0.3 is 20.1 Å². The number of rotatable bonds is 5. The predicted molar refractivity (Wildman–Crippen MR) is 131 cm³/mol. The molecule has 1 aliphatic heterocycles.